The fraction of sp³-hybridized carbons (Fsp3) is 0.412. The number of nitrogens with zero attached hydrogens (tertiary/aromatic N) is 1. The van der Waals surface area contributed by atoms with E-state index in [1.165, 1.54) is 18.4 Å². The minimum Gasteiger partial charge on any atom is -0.497 e. The molecule has 1 atom stereocenters. The van der Waals surface area contributed by atoms with E-state index in [9.17, 15) is 0 Å². The maximum Gasteiger partial charge on any atom is 0.119 e. The highest BCUT2D eigenvalue weighted by atomic mass is 16.5. The van der Waals surface area contributed by atoms with E-state index in [-0.39, 0.29) is 6.04 Å². The number of nitrogens with two attached hydrogens (primary N) is 1. The van der Waals surface area contributed by atoms with Crippen LogP contribution in [0.5, 0.6) is 5.75 Å². The fourth-order valence-corrected chi connectivity index (χ4v) is 2.79. The molecule has 0 bridgehead atoms. The first kappa shape index (κ1) is 14.2. The lowest BCUT2D eigenvalue weighted by molar-refractivity contribution is 0.168. The molecule has 0 aliphatic heterocycles. The number of hydrogen-bond acceptors (Lipinski definition) is 4. The topological polar surface area (TPSA) is 51.6 Å². The number of hydrogen-bond donors (Lipinski definition) is 1. The van der Waals surface area contributed by atoms with Crippen molar-refractivity contribution in [3.8, 4) is 5.75 Å². The second-order valence-corrected chi connectivity index (χ2v) is 5.51. The van der Waals surface area contributed by atoms with E-state index >= 15 is 0 Å². The van der Waals surface area contributed by atoms with Gasteiger partial charge in [0.05, 0.1) is 19.9 Å². The van der Waals surface area contributed by atoms with Crippen molar-refractivity contribution in [3.05, 3.63) is 54.0 Å². The van der Waals surface area contributed by atoms with Crippen molar-refractivity contribution in [2.24, 2.45) is 5.73 Å². The first-order valence-electron chi connectivity index (χ1n) is 7.44. The van der Waals surface area contributed by atoms with Crippen molar-refractivity contribution in [2.45, 2.75) is 31.5 Å². The van der Waals surface area contributed by atoms with E-state index in [1.54, 1.807) is 13.4 Å². The van der Waals surface area contributed by atoms with Gasteiger partial charge in [0.25, 0.3) is 0 Å². The fourth-order valence-electron chi connectivity index (χ4n) is 2.79. The van der Waals surface area contributed by atoms with Gasteiger partial charge in [0.1, 0.15) is 11.5 Å². The maximum atomic E-state index is 6.08. The van der Waals surface area contributed by atoms with Gasteiger partial charge in [-0.1, -0.05) is 12.1 Å². The lowest BCUT2D eigenvalue weighted by Gasteiger charge is -2.30. The predicted octanol–water partition coefficient (Wildman–Crippen LogP) is 2.95. The molecule has 4 heteroatoms. The average molecular weight is 286 g/mol. The molecule has 1 aromatic heterocycles. The quantitative estimate of drug-likeness (QED) is 0.850. The third-order valence-electron chi connectivity index (χ3n) is 4.04. The number of benzene rings is 1. The molecular weight excluding hydrogens is 264 g/mol. The minimum absolute atomic E-state index is 0.192. The maximum absolute atomic E-state index is 6.08. The van der Waals surface area contributed by atoms with Crippen LogP contribution in [0.3, 0.4) is 0 Å². The van der Waals surface area contributed by atoms with Crippen LogP contribution in [0.1, 0.15) is 30.2 Å². The molecule has 2 N–H and O–H groups in total. The molecule has 1 aromatic carbocycles. The first-order chi connectivity index (χ1) is 10.3. The molecule has 3 rings (SSSR count). The summed E-state index contributed by atoms with van der Waals surface area (Å²) in [5.41, 5.74) is 7.28. The third kappa shape index (κ3) is 3.28. The molecule has 0 amide bonds. The molecule has 1 unspecified atom stereocenters. The van der Waals surface area contributed by atoms with Gasteiger partial charge in [-0.05, 0) is 42.7 Å². The second-order valence-electron chi connectivity index (χ2n) is 5.51. The number of ether oxygens (including phenoxy) is 1. The van der Waals surface area contributed by atoms with Crippen molar-refractivity contribution >= 4 is 0 Å². The van der Waals surface area contributed by atoms with Gasteiger partial charge in [0.15, 0.2) is 0 Å². The first-order valence-corrected chi connectivity index (χ1v) is 7.44. The summed E-state index contributed by atoms with van der Waals surface area (Å²) in [5, 5.41) is 0. The Labute approximate surface area is 125 Å². The monoisotopic (exact) mass is 286 g/mol. The van der Waals surface area contributed by atoms with Crippen LogP contribution < -0.4 is 10.5 Å². The summed E-state index contributed by atoms with van der Waals surface area (Å²) >= 11 is 0. The van der Waals surface area contributed by atoms with E-state index in [2.05, 4.69) is 17.0 Å². The molecule has 1 aliphatic rings. The van der Waals surface area contributed by atoms with Gasteiger partial charge in [-0.3, -0.25) is 4.90 Å². The van der Waals surface area contributed by atoms with Crippen LogP contribution in [0.2, 0.25) is 0 Å². The molecule has 4 nitrogen and oxygen atoms in total. The van der Waals surface area contributed by atoms with Crippen molar-refractivity contribution in [3.63, 3.8) is 0 Å². The smallest absolute Gasteiger partial charge is 0.119 e. The molecule has 1 heterocycles. The van der Waals surface area contributed by atoms with Crippen molar-refractivity contribution in [1.29, 1.82) is 0 Å². The van der Waals surface area contributed by atoms with E-state index in [0.29, 0.717) is 12.6 Å². The zero-order valence-corrected chi connectivity index (χ0v) is 12.4. The summed E-state index contributed by atoms with van der Waals surface area (Å²) < 4.78 is 10.8. The van der Waals surface area contributed by atoms with Gasteiger partial charge in [-0.25, -0.2) is 0 Å². The summed E-state index contributed by atoms with van der Waals surface area (Å²) in [4.78, 5) is 2.45. The second kappa shape index (κ2) is 6.33. The Morgan fingerprint density at radius 2 is 2.19 bits per heavy atom. The highest BCUT2D eigenvalue weighted by molar-refractivity contribution is 5.31. The molecule has 0 saturated heterocycles. The summed E-state index contributed by atoms with van der Waals surface area (Å²) in [6, 6.07) is 12.9. The Bertz CT molecular complexity index is 564. The SMILES string of the molecule is COc1cccc(C(CN)N(Cc2ccco2)C2CC2)c1. The van der Waals surface area contributed by atoms with Crippen LogP contribution in [-0.2, 0) is 6.54 Å². The van der Waals surface area contributed by atoms with Gasteiger partial charge in [0.2, 0.25) is 0 Å². The number of furan rings is 1. The predicted molar refractivity (Wildman–Crippen MR) is 82.1 cm³/mol. The Morgan fingerprint density at radius 3 is 2.81 bits per heavy atom. The summed E-state index contributed by atoms with van der Waals surface area (Å²) in [6.07, 6.45) is 4.20. The highest BCUT2D eigenvalue weighted by Gasteiger charge is 2.34. The molecule has 1 saturated carbocycles. The van der Waals surface area contributed by atoms with Crippen molar-refractivity contribution < 1.29 is 9.15 Å². The Hall–Kier alpha value is -1.78. The molecule has 1 aliphatic carbocycles. The average Bonchev–Trinajstić information content (AvgIpc) is 3.24. The highest BCUT2D eigenvalue weighted by Crippen LogP contribution is 2.36. The molecular formula is C17H22N2O2. The summed E-state index contributed by atoms with van der Waals surface area (Å²) in [6.45, 7) is 1.39. The van der Waals surface area contributed by atoms with E-state index < -0.39 is 0 Å². The van der Waals surface area contributed by atoms with Gasteiger partial charge >= 0.3 is 0 Å². The van der Waals surface area contributed by atoms with Crippen LogP contribution in [0, 0.1) is 0 Å². The van der Waals surface area contributed by atoms with Gasteiger partial charge < -0.3 is 14.9 Å². The van der Waals surface area contributed by atoms with Crippen molar-refractivity contribution in [2.75, 3.05) is 13.7 Å². The van der Waals surface area contributed by atoms with Crippen LogP contribution in [0.4, 0.5) is 0 Å². The molecule has 0 radical (unpaired) electrons. The zero-order valence-electron chi connectivity index (χ0n) is 12.4. The van der Waals surface area contributed by atoms with Gasteiger partial charge in [0, 0.05) is 18.6 Å². The molecule has 112 valence electrons. The van der Waals surface area contributed by atoms with Crippen LogP contribution in [-0.4, -0.2) is 24.6 Å². The van der Waals surface area contributed by atoms with Crippen LogP contribution in [0.25, 0.3) is 0 Å². The standard InChI is InChI=1S/C17H22N2O2/c1-20-15-5-2-4-13(10-15)17(11-18)19(14-7-8-14)12-16-6-3-9-21-16/h2-6,9-10,14,17H,7-8,11-12,18H2,1H3. The summed E-state index contributed by atoms with van der Waals surface area (Å²) in [5.74, 6) is 1.86. The zero-order chi connectivity index (χ0) is 14.7. The van der Waals surface area contributed by atoms with Crippen molar-refractivity contribution in [1.82, 2.24) is 4.90 Å². The Kier molecular flexibility index (Phi) is 4.27. The molecule has 0 spiro atoms. The Morgan fingerprint density at radius 1 is 1.33 bits per heavy atom. The van der Waals surface area contributed by atoms with Crippen LogP contribution >= 0.6 is 0 Å². The Balaban J connectivity index is 1.84. The van der Waals surface area contributed by atoms with E-state index in [4.69, 9.17) is 14.9 Å². The normalized spacial score (nSPS) is 16.1. The van der Waals surface area contributed by atoms with Crippen LogP contribution in [0.15, 0.2) is 47.1 Å². The lowest BCUT2D eigenvalue weighted by atomic mass is 10.0. The molecule has 2 aromatic rings. The van der Waals surface area contributed by atoms with E-state index in [1.807, 2.05) is 24.3 Å². The molecule has 1 fully saturated rings. The van der Waals surface area contributed by atoms with Gasteiger partial charge in [-0.15, -0.1) is 0 Å². The van der Waals surface area contributed by atoms with Gasteiger partial charge in [-0.2, -0.15) is 0 Å². The van der Waals surface area contributed by atoms with E-state index in [0.717, 1.165) is 18.1 Å². The lowest BCUT2D eigenvalue weighted by Crippen LogP contribution is -2.35. The molecule has 21 heavy (non-hydrogen) atoms. The largest absolute Gasteiger partial charge is 0.497 e. The minimum atomic E-state index is 0.192. The number of rotatable bonds is 7. The summed E-state index contributed by atoms with van der Waals surface area (Å²) in [7, 11) is 1.69. The number of methoxy groups -OCH3 is 1. The third-order valence-corrected chi connectivity index (χ3v) is 4.04.